The molecule has 1 saturated carbocycles. The van der Waals surface area contributed by atoms with Gasteiger partial charge < -0.3 is 9.64 Å². The van der Waals surface area contributed by atoms with E-state index in [0.29, 0.717) is 32.0 Å². The molecule has 0 atom stereocenters. The lowest BCUT2D eigenvalue weighted by molar-refractivity contribution is -0.123. The van der Waals surface area contributed by atoms with E-state index in [4.69, 9.17) is 4.74 Å². The highest BCUT2D eigenvalue weighted by Gasteiger charge is 2.30. The summed E-state index contributed by atoms with van der Waals surface area (Å²) in [5, 5.41) is 0. The van der Waals surface area contributed by atoms with E-state index in [-0.39, 0.29) is 22.3 Å². The van der Waals surface area contributed by atoms with Crippen LogP contribution in [0.3, 0.4) is 0 Å². The smallest absolute Gasteiger partial charge is 0.271 e. The van der Waals surface area contributed by atoms with Gasteiger partial charge in [0.15, 0.2) is 0 Å². The molecule has 1 aliphatic carbocycles. The summed E-state index contributed by atoms with van der Waals surface area (Å²) in [6.07, 6.45) is 1.63. The molecule has 2 aliphatic rings. The number of anilines is 1. The number of hydrazine groups is 1. The van der Waals surface area contributed by atoms with Crippen molar-refractivity contribution in [1.29, 1.82) is 0 Å². The fourth-order valence-electron chi connectivity index (χ4n) is 2.78. The third-order valence-electron chi connectivity index (χ3n) is 4.59. The molecule has 1 saturated heterocycles. The van der Waals surface area contributed by atoms with Gasteiger partial charge in [0.05, 0.1) is 23.7 Å². The number of hydrogen-bond donors (Lipinski definition) is 2. The molecule has 1 aromatic carbocycles. The van der Waals surface area contributed by atoms with Crippen LogP contribution in [0.2, 0.25) is 0 Å². The lowest BCUT2D eigenvalue weighted by Gasteiger charge is -2.30. The Bertz CT molecular complexity index is 830. The summed E-state index contributed by atoms with van der Waals surface area (Å²) in [6.45, 7) is 2.23. The molecule has 0 aromatic heterocycles. The predicted molar refractivity (Wildman–Crippen MR) is 98.7 cm³/mol. The van der Waals surface area contributed by atoms with Crippen LogP contribution in [0, 0.1) is 5.92 Å². The molecule has 0 spiro atoms. The molecule has 2 fully saturated rings. The summed E-state index contributed by atoms with van der Waals surface area (Å²) in [5.74, 6) is -0.834. The van der Waals surface area contributed by atoms with E-state index in [0.717, 1.165) is 17.1 Å². The highest BCUT2D eigenvalue weighted by Crippen LogP contribution is 2.29. The Kier molecular flexibility index (Phi) is 5.68. The lowest BCUT2D eigenvalue weighted by Crippen LogP contribution is -2.44. The van der Waals surface area contributed by atoms with Gasteiger partial charge in [0.25, 0.3) is 5.91 Å². The topological polar surface area (TPSA) is 108 Å². The fourth-order valence-corrected chi connectivity index (χ4v) is 3.71. The Morgan fingerprint density at radius 3 is 2.41 bits per heavy atom. The number of amides is 2. The summed E-state index contributed by atoms with van der Waals surface area (Å²) >= 11 is 0. The van der Waals surface area contributed by atoms with Gasteiger partial charge in [-0.1, -0.05) is 0 Å². The highest BCUT2D eigenvalue weighted by atomic mass is 32.2. The number of carbonyl (C=O) groups excluding carboxylic acids is 2. The van der Waals surface area contributed by atoms with E-state index < -0.39 is 15.9 Å². The van der Waals surface area contributed by atoms with E-state index in [1.165, 1.54) is 26.2 Å². The number of rotatable bonds is 5. The third kappa shape index (κ3) is 4.40. The third-order valence-corrected chi connectivity index (χ3v) is 6.40. The number of morpholine rings is 1. The van der Waals surface area contributed by atoms with Crippen molar-refractivity contribution in [3.63, 3.8) is 0 Å². The Balaban J connectivity index is 1.90. The molecule has 10 heteroatoms. The van der Waals surface area contributed by atoms with Gasteiger partial charge in [-0.2, -0.15) is 0 Å². The molecule has 0 bridgehead atoms. The van der Waals surface area contributed by atoms with Gasteiger partial charge in [-0.15, -0.1) is 0 Å². The van der Waals surface area contributed by atoms with Crippen LogP contribution < -0.4 is 15.8 Å². The zero-order chi connectivity index (χ0) is 19.6. The normalized spacial score (nSPS) is 17.7. The Hall–Kier alpha value is -2.17. The largest absolute Gasteiger partial charge is 0.378 e. The molecule has 27 heavy (non-hydrogen) atoms. The van der Waals surface area contributed by atoms with Crippen LogP contribution in [0.1, 0.15) is 23.2 Å². The van der Waals surface area contributed by atoms with Gasteiger partial charge in [-0.25, -0.2) is 12.7 Å². The van der Waals surface area contributed by atoms with Gasteiger partial charge >= 0.3 is 0 Å². The van der Waals surface area contributed by atoms with Crippen molar-refractivity contribution in [3.8, 4) is 0 Å². The van der Waals surface area contributed by atoms with Crippen molar-refractivity contribution in [1.82, 2.24) is 15.2 Å². The average molecular weight is 396 g/mol. The molecule has 1 aromatic rings. The minimum absolute atomic E-state index is 0.0168. The van der Waals surface area contributed by atoms with Gasteiger partial charge in [0, 0.05) is 38.8 Å². The standard InChI is InChI=1S/C17H24N4O5S/c1-20(2)27(24,25)13-5-6-15(21-7-9-26-10-8-21)14(11-13)17(23)19-18-16(22)12-3-4-12/h5-6,11-12H,3-4,7-10H2,1-2H3,(H,18,22)(H,19,23). The van der Waals surface area contributed by atoms with Gasteiger partial charge in [-0.3, -0.25) is 20.4 Å². The minimum Gasteiger partial charge on any atom is -0.378 e. The van der Waals surface area contributed by atoms with Crippen LogP contribution in [0.5, 0.6) is 0 Å². The first kappa shape index (κ1) is 19.6. The Morgan fingerprint density at radius 1 is 1.15 bits per heavy atom. The molecule has 3 rings (SSSR count). The second-order valence-corrected chi connectivity index (χ2v) is 8.94. The summed E-state index contributed by atoms with van der Waals surface area (Å²) in [7, 11) is -0.830. The fraction of sp³-hybridized carbons (Fsp3) is 0.529. The van der Waals surface area contributed by atoms with E-state index >= 15 is 0 Å². The molecule has 2 N–H and O–H groups in total. The Morgan fingerprint density at radius 2 is 1.81 bits per heavy atom. The van der Waals surface area contributed by atoms with E-state index in [9.17, 15) is 18.0 Å². The second kappa shape index (κ2) is 7.83. The van der Waals surface area contributed by atoms with Crippen LogP contribution in [0.25, 0.3) is 0 Å². The van der Waals surface area contributed by atoms with Crippen LogP contribution in [-0.2, 0) is 19.6 Å². The number of carbonyl (C=O) groups is 2. The van der Waals surface area contributed by atoms with E-state index in [1.807, 2.05) is 4.90 Å². The average Bonchev–Trinajstić information content (AvgIpc) is 3.51. The van der Waals surface area contributed by atoms with Crippen molar-refractivity contribution in [2.75, 3.05) is 45.3 Å². The van der Waals surface area contributed by atoms with E-state index in [2.05, 4.69) is 10.9 Å². The van der Waals surface area contributed by atoms with Crippen molar-refractivity contribution in [2.45, 2.75) is 17.7 Å². The number of benzene rings is 1. The maximum atomic E-state index is 12.7. The molecule has 0 radical (unpaired) electrons. The number of hydrogen-bond acceptors (Lipinski definition) is 6. The zero-order valence-electron chi connectivity index (χ0n) is 15.4. The summed E-state index contributed by atoms with van der Waals surface area (Å²) in [4.78, 5) is 26.5. The summed E-state index contributed by atoms with van der Waals surface area (Å²) in [5.41, 5.74) is 5.61. The van der Waals surface area contributed by atoms with Crippen LogP contribution in [0.15, 0.2) is 23.1 Å². The maximum Gasteiger partial charge on any atom is 0.271 e. The molecule has 1 aliphatic heterocycles. The maximum absolute atomic E-state index is 12.7. The summed E-state index contributed by atoms with van der Waals surface area (Å²) in [6, 6.07) is 4.46. The molecule has 1 heterocycles. The van der Waals surface area contributed by atoms with Crippen molar-refractivity contribution in [2.24, 2.45) is 5.92 Å². The highest BCUT2D eigenvalue weighted by molar-refractivity contribution is 7.89. The van der Waals surface area contributed by atoms with Gasteiger partial charge in [0.2, 0.25) is 15.9 Å². The molecule has 0 unspecified atom stereocenters. The van der Waals surface area contributed by atoms with Crippen LogP contribution in [-0.4, -0.2) is 64.9 Å². The molecular weight excluding hydrogens is 372 g/mol. The first-order valence-corrected chi connectivity index (χ1v) is 10.2. The first-order chi connectivity index (χ1) is 12.8. The minimum atomic E-state index is -3.69. The molecular formula is C17H24N4O5S. The van der Waals surface area contributed by atoms with Crippen molar-refractivity contribution < 1.29 is 22.7 Å². The predicted octanol–water partition coefficient (Wildman–Crippen LogP) is -0.0555. The van der Waals surface area contributed by atoms with Crippen LogP contribution in [0.4, 0.5) is 5.69 Å². The second-order valence-electron chi connectivity index (χ2n) is 6.78. The molecule has 9 nitrogen and oxygen atoms in total. The number of ether oxygens (including phenoxy) is 1. The lowest BCUT2D eigenvalue weighted by atomic mass is 10.1. The zero-order valence-corrected chi connectivity index (χ0v) is 16.2. The van der Waals surface area contributed by atoms with Gasteiger partial charge in [-0.05, 0) is 31.0 Å². The number of nitrogens with one attached hydrogen (secondary N) is 2. The number of sulfonamides is 1. The Labute approximate surface area is 158 Å². The van der Waals surface area contributed by atoms with Gasteiger partial charge in [0.1, 0.15) is 0 Å². The summed E-state index contributed by atoms with van der Waals surface area (Å²) < 4.78 is 31.3. The number of nitrogens with zero attached hydrogens (tertiary/aromatic N) is 2. The van der Waals surface area contributed by atoms with Crippen LogP contribution >= 0.6 is 0 Å². The van der Waals surface area contributed by atoms with Crippen molar-refractivity contribution in [3.05, 3.63) is 23.8 Å². The van der Waals surface area contributed by atoms with Crippen molar-refractivity contribution >= 4 is 27.5 Å². The first-order valence-electron chi connectivity index (χ1n) is 8.80. The van der Waals surface area contributed by atoms with E-state index in [1.54, 1.807) is 6.07 Å². The molecule has 2 amide bonds. The quantitative estimate of drug-likeness (QED) is 0.676. The SMILES string of the molecule is CN(C)S(=O)(=O)c1ccc(N2CCOCC2)c(C(=O)NNC(=O)C2CC2)c1. The molecule has 148 valence electrons. The monoisotopic (exact) mass is 396 g/mol.